The molecule has 0 saturated carbocycles. The summed E-state index contributed by atoms with van der Waals surface area (Å²) < 4.78 is 1.65. The Hall–Kier alpha value is -1.56. The van der Waals surface area contributed by atoms with Crippen molar-refractivity contribution in [2.24, 2.45) is 0 Å². The normalized spacial score (nSPS) is 20.1. The van der Waals surface area contributed by atoms with Crippen LogP contribution < -0.4 is 0 Å². The predicted molar refractivity (Wildman–Crippen MR) is 69.0 cm³/mol. The minimum Gasteiger partial charge on any atom is -0.478 e. The van der Waals surface area contributed by atoms with Gasteiger partial charge >= 0.3 is 5.97 Å². The van der Waals surface area contributed by atoms with Crippen LogP contribution in [0.3, 0.4) is 0 Å². The molecule has 2 aromatic rings. The van der Waals surface area contributed by atoms with Crippen LogP contribution in [0.15, 0.2) is 18.3 Å². The number of carboxylic acids is 1. The number of hydrogen-bond acceptors (Lipinski definition) is 4. The van der Waals surface area contributed by atoms with Gasteiger partial charge in [0.1, 0.15) is 0 Å². The fourth-order valence-electron chi connectivity index (χ4n) is 2.11. The highest BCUT2D eigenvalue weighted by atomic mass is 32.2. The third kappa shape index (κ3) is 2.08. The van der Waals surface area contributed by atoms with E-state index >= 15 is 0 Å². The second kappa shape index (κ2) is 4.61. The summed E-state index contributed by atoms with van der Waals surface area (Å²) in [6, 6.07) is 3.11. The van der Waals surface area contributed by atoms with Gasteiger partial charge in [0.25, 0.3) is 0 Å². The maximum Gasteiger partial charge on any atom is 0.335 e. The molecule has 0 amide bonds. The number of aromatic nitrogens is 3. The second-order valence-electron chi connectivity index (χ2n) is 4.35. The molecule has 2 aromatic heterocycles. The van der Waals surface area contributed by atoms with E-state index in [1.54, 1.807) is 22.8 Å². The van der Waals surface area contributed by atoms with Gasteiger partial charge in [0.15, 0.2) is 11.5 Å². The molecule has 1 aliphatic rings. The van der Waals surface area contributed by atoms with Gasteiger partial charge in [0.2, 0.25) is 0 Å². The topological polar surface area (TPSA) is 67.5 Å². The molecule has 94 valence electrons. The molecule has 5 nitrogen and oxygen atoms in total. The van der Waals surface area contributed by atoms with Crippen LogP contribution in [0.4, 0.5) is 0 Å². The fourth-order valence-corrected chi connectivity index (χ4v) is 3.35. The maximum atomic E-state index is 10.9. The second-order valence-corrected chi connectivity index (χ2v) is 5.66. The molecule has 3 heterocycles. The van der Waals surface area contributed by atoms with Gasteiger partial charge in [-0.15, -0.1) is 0 Å². The zero-order valence-corrected chi connectivity index (χ0v) is 10.6. The molecule has 1 atom stereocenters. The van der Waals surface area contributed by atoms with Gasteiger partial charge in [-0.25, -0.2) is 14.3 Å². The van der Waals surface area contributed by atoms with Crippen LogP contribution in [0, 0.1) is 0 Å². The molecule has 1 aliphatic heterocycles. The first-order valence-electron chi connectivity index (χ1n) is 5.95. The van der Waals surface area contributed by atoms with Crippen molar-refractivity contribution in [1.29, 1.82) is 0 Å². The van der Waals surface area contributed by atoms with E-state index in [1.165, 1.54) is 12.8 Å². The quantitative estimate of drug-likeness (QED) is 0.901. The Morgan fingerprint density at radius 3 is 3.11 bits per heavy atom. The van der Waals surface area contributed by atoms with Gasteiger partial charge in [-0.1, -0.05) is 6.42 Å². The first-order valence-corrected chi connectivity index (χ1v) is 7.00. The summed E-state index contributed by atoms with van der Waals surface area (Å²) in [7, 11) is 0. The first-order chi connectivity index (χ1) is 8.74. The highest BCUT2D eigenvalue weighted by Gasteiger charge is 2.20. The van der Waals surface area contributed by atoms with Crippen LogP contribution in [0.5, 0.6) is 0 Å². The SMILES string of the molecule is O=C(O)c1ccn2nc(C3CCCCS3)nc2c1. The number of carbonyl (C=O) groups is 1. The molecular weight excluding hydrogens is 250 g/mol. The van der Waals surface area contributed by atoms with Crippen LogP contribution in [0.25, 0.3) is 5.65 Å². The molecule has 18 heavy (non-hydrogen) atoms. The maximum absolute atomic E-state index is 10.9. The van der Waals surface area contributed by atoms with Gasteiger partial charge in [0, 0.05) is 6.20 Å². The highest BCUT2D eigenvalue weighted by molar-refractivity contribution is 7.99. The number of rotatable bonds is 2. The van der Waals surface area contributed by atoms with E-state index in [-0.39, 0.29) is 5.56 Å². The van der Waals surface area contributed by atoms with E-state index in [4.69, 9.17) is 5.11 Å². The average Bonchev–Trinajstić information content (AvgIpc) is 2.82. The number of carboxylic acid groups (broad SMARTS) is 1. The molecular formula is C12H13N3O2S. The molecule has 0 bridgehead atoms. The number of pyridine rings is 1. The molecule has 0 aliphatic carbocycles. The molecule has 1 fully saturated rings. The Bertz CT molecular complexity index is 590. The number of aromatic carboxylic acids is 1. The summed E-state index contributed by atoms with van der Waals surface area (Å²) in [5, 5.41) is 13.7. The molecule has 0 spiro atoms. The Kier molecular flexibility index (Phi) is 2.95. The smallest absolute Gasteiger partial charge is 0.335 e. The molecule has 1 unspecified atom stereocenters. The van der Waals surface area contributed by atoms with E-state index in [0.29, 0.717) is 10.9 Å². The van der Waals surface area contributed by atoms with Crippen molar-refractivity contribution in [3.8, 4) is 0 Å². The Labute approximate surface area is 108 Å². The minimum atomic E-state index is -0.936. The van der Waals surface area contributed by atoms with E-state index in [0.717, 1.165) is 18.0 Å². The number of thioether (sulfide) groups is 1. The minimum absolute atomic E-state index is 0.248. The van der Waals surface area contributed by atoms with Crippen molar-refractivity contribution in [2.45, 2.75) is 24.5 Å². The molecule has 6 heteroatoms. The van der Waals surface area contributed by atoms with Crippen LogP contribution >= 0.6 is 11.8 Å². The van der Waals surface area contributed by atoms with Gasteiger partial charge in [0.05, 0.1) is 10.8 Å². The van der Waals surface area contributed by atoms with E-state index in [9.17, 15) is 4.79 Å². The molecule has 1 saturated heterocycles. The fraction of sp³-hybridized carbons (Fsp3) is 0.417. The Morgan fingerprint density at radius 2 is 2.39 bits per heavy atom. The van der Waals surface area contributed by atoms with E-state index in [1.807, 2.05) is 11.8 Å². The first kappa shape index (κ1) is 11.5. The van der Waals surface area contributed by atoms with Crippen molar-refractivity contribution in [1.82, 2.24) is 14.6 Å². The van der Waals surface area contributed by atoms with E-state index < -0.39 is 5.97 Å². The van der Waals surface area contributed by atoms with Crippen molar-refractivity contribution in [3.05, 3.63) is 29.7 Å². The van der Waals surface area contributed by atoms with Crippen molar-refractivity contribution in [2.75, 3.05) is 5.75 Å². The summed E-state index contributed by atoms with van der Waals surface area (Å²) in [5.41, 5.74) is 0.855. The molecule has 3 rings (SSSR count). The number of fused-ring (bicyclic) bond motifs is 1. The third-order valence-electron chi connectivity index (χ3n) is 3.07. The number of nitrogens with zero attached hydrogens (tertiary/aromatic N) is 3. The van der Waals surface area contributed by atoms with Crippen LogP contribution in [-0.4, -0.2) is 31.4 Å². The molecule has 0 radical (unpaired) electrons. The van der Waals surface area contributed by atoms with Crippen LogP contribution in [0.1, 0.15) is 40.7 Å². The van der Waals surface area contributed by atoms with Crippen LogP contribution in [0.2, 0.25) is 0 Å². The summed E-state index contributed by atoms with van der Waals surface area (Å²) in [4.78, 5) is 15.3. The zero-order chi connectivity index (χ0) is 12.5. The lowest BCUT2D eigenvalue weighted by Crippen LogP contribution is -2.04. The Balaban J connectivity index is 1.97. The lowest BCUT2D eigenvalue weighted by Gasteiger charge is -2.17. The zero-order valence-electron chi connectivity index (χ0n) is 9.74. The average molecular weight is 263 g/mol. The van der Waals surface area contributed by atoms with Gasteiger partial charge in [-0.05, 0) is 30.7 Å². The summed E-state index contributed by atoms with van der Waals surface area (Å²) in [6.07, 6.45) is 5.24. The summed E-state index contributed by atoms with van der Waals surface area (Å²) in [5.74, 6) is 1.04. The largest absolute Gasteiger partial charge is 0.478 e. The predicted octanol–water partition coefficient (Wildman–Crippen LogP) is 2.39. The molecule has 0 aromatic carbocycles. The van der Waals surface area contributed by atoms with Crippen molar-refractivity contribution < 1.29 is 9.90 Å². The summed E-state index contributed by atoms with van der Waals surface area (Å²) >= 11 is 1.89. The monoisotopic (exact) mass is 263 g/mol. The van der Waals surface area contributed by atoms with E-state index in [2.05, 4.69) is 10.1 Å². The Morgan fingerprint density at radius 1 is 1.50 bits per heavy atom. The van der Waals surface area contributed by atoms with Gasteiger partial charge < -0.3 is 5.11 Å². The van der Waals surface area contributed by atoms with Crippen molar-refractivity contribution >= 4 is 23.4 Å². The standard InChI is InChI=1S/C12H13N3O2S/c16-12(17)8-4-5-15-10(7-8)13-11(14-15)9-3-1-2-6-18-9/h4-5,7,9H,1-3,6H2,(H,16,17). The lowest BCUT2D eigenvalue weighted by molar-refractivity contribution is 0.0697. The van der Waals surface area contributed by atoms with Gasteiger partial charge in [-0.2, -0.15) is 16.9 Å². The molecule has 1 N–H and O–H groups in total. The number of hydrogen-bond donors (Lipinski definition) is 1. The summed E-state index contributed by atoms with van der Waals surface area (Å²) in [6.45, 7) is 0. The lowest BCUT2D eigenvalue weighted by atomic mass is 10.2. The highest BCUT2D eigenvalue weighted by Crippen LogP contribution is 2.36. The van der Waals surface area contributed by atoms with Gasteiger partial charge in [-0.3, -0.25) is 0 Å². The third-order valence-corrected chi connectivity index (χ3v) is 4.44. The van der Waals surface area contributed by atoms with Crippen LogP contribution in [-0.2, 0) is 0 Å². The van der Waals surface area contributed by atoms with Crippen molar-refractivity contribution in [3.63, 3.8) is 0 Å².